The SMILES string of the molecule is CC(C)(CCOC(C)(C)C)CC(C)(C)CC(=O)NCCC(C)(C)CC(C)(C)CC(=O)NC(C)(C)CC(C)(C)CC(=O)C(C)(C)C. The lowest BCUT2D eigenvalue weighted by Gasteiger charge is -2.38. The molecule has 0 saturated heterocycles. The van der Waals surface area contributed by atoms with Crippen LogP contribution in [-0.4, -0.2) is 41.9 Å². The first-order chi connectivity index (χ1) is 19.7. The van der Waals surface area contributed by atoms with Crippen LogP contribution >= 0.6 is 0 Å². The van der Waals surface area contributed by atoms with Crippen LogP contribution in [0.2, 0.25) is 0 Å². The van der Waals surface area contributed by atoms with Gasteiger partial charge in [-0.15, -0.1) is 0 Å². The largest absolute Gasteiger partial charge is 0.376 e. The van der Waals surface area contributed by atoms with Gasteiger partial charge in [0.1, 0.15) is 5.78 Å². The third kappa shape index (κ3) is 21.1. The van der Waals surface area contributed by atoms with E-state index in [1.165, 1.54) is 0 Å². The standard InChI is InChI=1S/C39H76N2O4/c1-32(2,3)29(42)23-36(11,12)28-39(17,18)41-31(44)25-38(15,16)26-34(7,8)19-21-40-30(43)24-37(13,14)27-35(9,10)20-22-45-33(4,5)6/h19-28H2,1-18H3,(H,40,43)(H,41,44). The van der Waals surface area contributed by atoms with E-state index in [9.17, 15) is 14.4 Å². The summed E-state index contributed by atoms with van der Waals surface area (Å²) in [5, 5.41) is 6.44. The molecule has 0 aliphatic heterocycles. The number of Topliss-reactive ketones (excluding diaryl/α,β-unsaturated/α-hetero) is 1. The van der Waals surface area contributed by atoms with Gasteiger partial charge in [-0.05, 0) is 93.8 Å². The van der Waals surface area contributed by atoms with Gasteiger partial charge >= 0.3 is 0 Å². The van der Waals surface area contributed by atoms with Crippen molar-refractivity contribution >= 4 is 17.6 Å². The van der Waals surface area contributed by atoms with Crippen molar-refractivity contribution in [3.05, 3.63) is 0 Å². The van der Waals surface area contributed by atoms with Crippen molar-refractivity contribution < 1.29 is 19.1 Å². The van der Waals surface area contributed by atoms with E-state index in [4.69, 9.17) is 4.74 Å². The van der Waals surface area contributed by atoms with Crippen molar-refractivity contribution in [2.75, 3.05) is 13.2 Å². The Kier molecular flexibility index (Phi) is 15.1. The van der Waals surface area contributed by atoms with Crippen LogP contribution in [0, 0.1) is 32.5 Å². The number of carbonyl (C=O) groups is 3. The maximum absolute atomic E-state index is 13.2. The molecule has 0 aromatic heterocycles. The zero-order valence-corrected chi connectivity index (χ0v) is 33.2. The average Bonchev–Trinajstić information content (AvgIpc) is 2.66. The molecule has 0 atom stereocenters. The van der Waals surface area contributed by atoms with Gasteiger partial charge in [0, 0.05) is 43.4 Å². The summed E-state index contributed by atoms with van der Waals surface area (Å²) in [6, 6.07) is 0. The first kappa shape index (κ1) is 43.6. The van der Waals surface area contributed by atoms with Gasteiger partial charge in [0.15, 0.2) is 0 Å². The Bertz CT molecular complexity index is 972. The molecule has 6 nitrogen and oxygen atoms in total. The van der Waals surface area contributed by atoms with E-state index in [-0.39, 0.29) is 55.7 Å². The van der Waals surface area contributed by atoms with Crippen molar-refractivity contribution in [3.63, 3.8) is 0 Å². The second-order valence-electron chi connectivity index (χ2n) is 20.8. The molecule has 0 bridgehead atoms. The van der Waals surface area contributed by atoms with Crippen LogP contribution in [0.25, 0.3) is 0 Å². The smallest absolute Gasteiger partial charge is 0.220 e. The molecule has 0 unspecified atom stereocenters. The van der Waals surface area contributed by atoms with Crippen molar-refractivity contribution in [1.29, 1.82) is 0 Å². The predicted molar refractivity (Wildman–Crippen MR) is 191 cm³/mol. The summed E-state index contributed by atoms with van der Waals surface area (Å²) in [6.07, 6.45) is 5.77. The molecule has 0 saturated carbocycles. The Hall–Kier alpha value is -1.43. The van der Waals surface area contributed by atoms with Crippen molar-refractivity contribution in [2.45, 2.75) is 187 Å². The van der Waals surface area contributed by atoms with Crippen LogP contribution in [0.3, 0.4) is 0 Å². The molecule has 2 amide bonds. The van der Waals surface area contributed by atoms with Gasteiger partial charge in [0.05, 0.1) is 5.60 Å². The minimum atomic E-state index is -0.419. The third-order valence-corrected chi connectivity index (χ3v) is 8.50. The summed E-state index contributed by atoms with van der Waals surface area (Å²) in [4.78, 5) is 38.8. The summed E-state index contributed by atoms with van der Waals surface area (Å²) in [5.74, 6) is 0.396. The maximum atomic E-state index is 13.2. The second kappa shape index (κ2) is 15.6. The van der Waals surface area contributed by atoms with Gasteiger partial charge in [0.2, 0.25) is 11.8 Å². The Labute approximate surface area is 279 Å². The quantitative estimate of drug-likeness (QED) is 0.148. The van der Waals surface area contributed by atoms with Crippen molar-refractivity contribution in [2.24, 2.45) is 32.5 Å². The lowest BCUT2D eigenvalue weighted by molar-refractivity contribution is -0.128. The maximum Gasteiger partial charge on any atom is 0.220 e. The van der Waals surface area contributed by atoms with Crippen LogP contribution in [0.1, 0.15) is 176 Å². The lowest BCUT2D eigenvalue weighted by atomic mass is 9.71. The molecule has 0 heterocycles. The highest BCUT2D eigenvalue weighted by molar-refractivity contribution is 5.84. The van der Waals surface area contributed by atoms with E-state index in [1.807, 2.05) is 20.8 Å². The van der Waals surface area contributed by atoms with Gasteiger partial charge in [0.25, 0.3) is 0 Å². The zero-order chi connectivity index (χ0) is 35.9. The molecule has 6 heteroatoms. The fourth-order valence-corrected chi connectivity index (χ4v) is 7.42. The van der Waals surface area contributed by atoms with Gasteiger partial charge in [-0.3, -0.25) is 14.4 Å². The van der Waals surface area contributed by atoms with E-state index in [0.29, 0.717) is 25.8 Å². The number of hydrogen-bond acceptors (Lipinski definition) is 4. The van der Waals surface area contributed by atoms with E-state index in [0.717, 1.165) is 38.7 Å². The molecule has 0 fully saturated rings. The van der Waals surface area contributed by atoms with Crippen LogP contribution in [0.4, 0.5) is 0 Å². The molecular formula is C39H76N2O4. The van der Waals surface area contributed by atoms with Crippen LogP contribution in [-0.2, 0) is 19.1 Å². The molecule has 0 radical (unpaired) electrons. The van der Waals surface area contributed by atoms with Crippen LogP contribution in [0.15, 0.2) is 0 Å². The molecule has 45 heavy (non-hydrogen) atoms. The van der Waals surface area contributed by atoms with Gasteiger partial charge < -0.3 is 15.4 Å². The molecule has 0 rings (SSSR count). The van der Waals surface area contributed by atoms with Gasteiger partial charge in [-0.25, -0.2) is 0 Å². The van der Waals surface area contributed by atoms with E-state index in [2.05, 4.69) is 114 Å². The third-order valence-electron chi connectivity index (χ3n) is 8.50. The Morgan fingerprint density at radius 2 is 0.933 bits per heavy atom. The highest BCUT2D eigenvalue weighted by Crippen LogP contribution is 2.40. The van der Waals surface area contributed by atoms with Crippen molar-refractivity contribution in [1.82, 2.24) is 10.6 Å². The molecule has 0 aromatic carbocycles. The monoisotopic (exact) mass is 637 g/mol. The number of amides is 2. The predicted octanol–water partition coefficient (Wildman–Crippen LogP) is 9.68. The Morgan fingerprint density at radius 3 is 1.38 bits per heavy atom. The summed E-state index contributed by atoms with van der Waals surface area (Å²) < 4.78 is 5.95. The number of hydrogen-bond donors (Lipinski definition) is 2. The highest BCUT2D eigenvalue weighted by Gasteiger charge is 2.37. The molecule has 2 N–H and O–H groups in total. The van der Waals surface area contributed by atoms with E-state index < -0.39 is 5.54 Å². The van der Waals surface area contributed by atoms with Gasteiger partial charge in [-0.2, -0.15) is 0 Å². The number of carbonyl (C=O) groups excluding carboxylic acids is 3. The topological polar surface area (TPSA) is 84.5 Å². The number of nitrogens with one attached hydrogen (secondary N) is 2. The summed E-state index contributed by atoms with van der Waals surface area (Å²) >= 11 is 0. The molecule has 0 spiro atoms. The minimum absolute atomic E-state index is 0.0353. The second-order valence-corrected chi connectivity index (χ2v) is 20.8. The number of ketones is 1. The molecule has 0 aliphatic rings. The Morgan fingerprint density at radius 1 is 0.511 bits per heavy atom. The van der Waals surface area contributed by atoms with Crippen LogP contribution in [0.5, 0.6) is 0 Å². The minimum Gasteiger partial charge on any atom is -0.376 e. The normalized spacial score (nSPS) is 14.4. The van der Waals surface area contributed by atoms with Crippen LogP contribution < -0.4 is 10.6 Å². The van der Waals surface area contributed by atoms with E-state index >= 15 is 0 Å². The first-order valence-corrected chi connectivity index (χ1v) is 17.4. The summed E-state index contributed by atoms with van der Waals surface area (Å²) in [6.45, 7) is 39.5. The summed E-state index contributed by atoms with van der Waals surface area (Å²) in [5.41, 5.74) is -1.38. The van der Waals surface area contributed by atoms with Crippen molar-refractivity contribution in [3.8, 4) is 0 Å². The average molecular weight is 637 g/mol. The fraction of sp³-hybridized carbons (Fsp3) is 0.923. The lowest BCUT2D eigenvalue weighted by Crippen LogP contribution is -2.48. The summed E-state index contributed by atoms with van der Waals surface area (Å²) in [7, 11) is 0. The highest BCUT2D eigenvalue weighted by atomic mass is 16.5. The molecule has 266 valence electrons. The fourth-order valence-electron chi connectivity index (χ4n) is 7.42. The molecule has 0 aromatic rings. The number of rotatable bonds is 19. The number of ether oxygens (including phenoxy) is 1. The first-order valence-electron chi connectivity index (χ1n) is 17.4. The molecule has 0 aliphatic carbocycles. The molecular weight excluding hydrogens is 560 g/mol. The van der Waals surface area contributed by atoms with Gasteiger partial charge in [-0.1, -0.05) is 90.0 Å². The zero-order valence-electron chi connectivity index (χ0n) is 33.2. The Balaban J connectivity index is 4.89. The van der Waals surface area contributed by atoms with E-state index in [1.54, 1.807) is 0 Å².